The Morgan fingerprint density at radius 2 is 1.64 bits per heavy atom. The molecule has 33 heavy (non-hydrogen) atoms. The summed E-state index contributed by atoms with van der Waals surface area (Å²) in [6.07, 6.45) is 3.47. The number of thiophene rings is 1. The van der Waals surface area contributed by atoms with Gasteiger partial charge in [-0.2, -0.15) is 4.31 Å². The third kappa shape index (κ3) is 5.91. The van der Waals surface area contributed by atoms with E-state index in [-0.39, 0.29) is 24.3 Å². The number of sulfonamides is 1. The van der Waals surface area contributed by atoms with E-state index < -0.39 is 10.0 Å². The summed E-state index contributed by atoms with van der Waals surface area (Å²) < 4.78 is 28.0. The Labute approximate surface area is 200 Å². The van der Waals surface area contributed by atoms with Crippen molar-refractivity contribution in [3.63, 3.8) is 0 Å². The highest BCUT2D eigenvalue weighted by Gasteiger charge is 2.35. The second kappa shape index (κ2) is 11.1. The van der Waals surface area contributed by atoms with Crippen molar-refractivity contribution < 1.29 is 13.2 Å². The number of hydrogen-bond donors (Lipinski definition) is 1. The van der Waals surface area contributed by atoms with Crippen LogP contribution in [0.4, 0.5) is 0 Å². The zero-order valence-corrected chi connectivity index (χ0v) is 20.2. The molecule has 174 valence electrons. The summed E-state index contributed by atoms with van der Waals surface area (Å²) in [7, 11) is -3.55. The van der Waals surface area contributed by atoms with Gasteiger partial charge >= 0.3 is 0 Å². The van der Waals surface area contributed by atoms with Gasteiger partial charge in [0, 0.05) is 31.5 Å². The van der Waals surface area contributed by atoms with Crippen LogP contribution in [0.25, 0.3) is 0 Å². The van der Waals surface area contributed by atoms with Gasteiger partial charge in [0.15, 0.2) is 0 Å². The summed E-state index contributed by atoms with van der Waals surface area (Å²) in [5, 5.41) is 4.82. The molecule has 0 radical (unpaired) electrons. The fourth-order valence-electron chi connectivity index (χ4n) is 4.56. The maximum absolute atomic E-state index is 13.1. The van der Waals surface area contributed by atoms with Crippen LogP contribution < -0.4 is 5.32 Å². The molecule has 0 aliphatic carbocycles. The molecule has 0 unspecified atom stereocenters. The number of nitrogens with one attached hydrogen (secondary N) is 1. The molecule has 7 heteroatoms. The third-order valence-electron chi connectivity index (χ3n) is 6.21. The van der Waals surface area contributed by atoms with Gasteiger partial charge in [-0.1, -0.05) is 73.2 Å². The fourth-order valence-corrected chi connectivity index (χ4v) is 7.37. The summed E-state index contributed by atoms with van der Waals surface area (Å²) in [5.74, 6) is 0.103. The van der Waals surface area contributed by atoms with Crippen LogP contribution >= 0.6 is 11.3 Å². The van der Waals surface area contributed by atoms with Crippen LogP contribution in [-0.2, 0) is 14.8 Å². The maximum atomic E-state index is 13.1. The predicted octanol–water partition coefficient (Wildman–Crippen LogP) is 5.02. The molecule has 1 aliphatic heterocycles. The van der Waals surface area contributed by atoms with Crippen molar-refractivity contribution in [3.8, 4) is 0 Å². The highest BCUT2D eigenvalue weighted by atomic mass is 32.2. The minimum absolute atomic E-state index is 0.0897. The summed E-state index contributed by atoms with van der Waals surface area (Å²) in [6, 6.07) is 23.7. The smallest absolute Gasteiger partial charge is 0.252 e. The predicted molar refractivity (Wildman–Crippen MR) is 133 cm³/mol. The van der Waals surface area contributed by atoms with Gasteiger partial charge in [0.1, 0.15) is 4.21 Å². The number of rotatable bonds is 9. The van der Waals surface area contributed by atoms with Gasteiger partial charge in [-0.05, 0) is 41.8 Å². The molecule has 1 saturated heterocycles. The van der Waals surface area contributed by atoms with Crippen LogP contribution in [0.3, 0.4) is 0 Å². The standard InChI is InChI=1S/C26H30N2O3S2/c29-25(20-23-14-7-8-18-28(23)33(30,31)26-15-9-19-32-26)27-17-16-24(21-10-3-1-4-11-21)22-12-5-2-6-13-22/h1-6,9-13,15,19,23-24H,7-8,14,16-18,20H2,(H,27,29)/t23-/m0/s1. The Balaban J connectivity index is 1.38. The number of hydrogen-bond acceptors (Lipinski definition) is 4. The number of nitrogens with zero attached hydrogens (tertiary/aromatic N) is 1. The Kier molecular flexibility index (Phi) is 7.96. The van der Waals surface area contributed by atoms with E-state index in [0.29, 0.717) is 23.7 Å². The first-order valence-electron chi connectivity index (χ1n) is 11.5. The zero-order valence-electron chi connectivity index (χ0n) is 18.6. The van der Waals surface area contributed by atoms with Gasteiger partial charge < -0.3 is 5.32 Å². The van der Waals surface area contributed by atoms with Crippen molar-refractivity contribution in [2.45, 2.75) is 48.3 Å². The van der Waals surface area contributed by atoms with Crippen molar-refractivity contribution in [1.82, 2.24) is 9.62 Å². The molecule has 0 spiro atoms. The van der Waals surface area contributed by atoms with Crippen LogP contribution in [0, 0.1) is 0 Å². The van der Waals surface area contributed by atoms with E-state index in [9.17, 15) is 13.2 Å². The SMILES string of the molecule is O=C(C[C@@H]1CCCCN1S(=O)(=O)c1cccs1)NCCC(c1ccccc1)c1ccccc1. The molecule has 3 aromatic rings. The number of amides is 1. The van der Waals surface area contributed by atoms with Gasteiger partial charge in [-0.25, -0.2) is 8.42 Å². The lowest BCUT2D eigenvalue weighted by atomic mass is 9.88. The van der Waals surface area contributed by atoms with E-state index in [2.05, 4.69) is 29.6 Å². The van der Waals surface area contributed by atoms with E-state index in [4.69, 9.17) is 0 Å². The summed E-state index contributed by atoms with van der Waals surface area (Å²) in [4.78, 5) is 12.8. The second-order valence-electron chi connectivity index (χ2n) is 8.41. The second-order valence-corrected chi connectivity index (χ2v) is 11.5. The lowest BCUT2D eigenvalue weighted by Crippen LogP contribution is -2.45. The number of carbonyl (C=O) groups is 1. The van der Waals surface area contributed by atoms with E-state index in [0.717, 1.165) is 19.3 Å². The van der Waals surface area contributed by atoms with E-state index in [1.165, 1.54) is 22.5 Å². The average Bonchev–Trinajstić information content (AvgIpc) is 3.39. The van der Waals surface area contributed by atoms with Crippen LogP contribution in [-0.4, -0.2) is 37.8 Å². The molecule has 1 aliphatic rings. The van der Waals surface area contributed by atoms with Crippen LogP contribution in [0.2, 0.25) is 0 Å². The van der Waals surface area contributed by atoms with Gasteiger partial charge in [0.05, 0.1) is 0 Å². The highest BCUT2D eigenvalue weighted by molar-refractivity contribution is 7.91. The van der Waals surface area contributed by atoms with Crippen molar-refractivity contribution in [1.29, 1.82) is 0 Å². The Morgan fingerprint density at radius 3 is 2.24 bits per heavy atom. The Bertz CT molecular complexity index is 1080. The molecule has 4 rings (SSSR count). The number of piperidine rings is 1. The first-order valence-corrected chi connectivity index (χ1v) is 13.8. The van der Waals surface area contributed by atoms with Crippen LogP contribution in [0.5, 0.6) is 0 Å². The van der Waals surface area contributed by atoms with Crippen molar-refractivity contribution in [2.24, 2.45) is 0 Å². The first kappa shape index (κ1) is 23.7. The quantitative estimate of drug-likeness (QED) is 0.466. The van der Waals surface area contributed by atoms with Crippen molar-refractivity contribution in [2.75, 3.05) is 13.1 Å². The lowest BCUT2D eigenvalue weighted by Gasteiger charge is -2.34. The molecular formula is C26H30N2O3S2. The highest BCUT2D eigenvalue weighted by Crippen LogP contribution is 2.30. The molecule has 1 amide bonds. The minimum Gasteiger partial charge on any atom is -0.356 e. The van der Waals surface area contributed by atoms with Gasteiger partial charge in [-0.15, -0.1) is 11.3 Å². The van der Waals surface area contributed by atoms with Gasteiger partial charge in [-0.3, -0.25) is 4.79 Å². The average molecular weight is 483 g/mol. The molecular weight excluding hydrogens is 452 g/mol. The molecule has 0 bridgehead atoms. The van der Waals surface area contributed by atoms with Crippen molar-refractivity contribution >= 4 is 27.3 Å². The normalized spacial score (nSPS) is 17.2. The Hall–Kier alpha value is -2.48. The third-order valence-corrected chi connectivity index (χ3v) is 9.54. The number of benzene rings is 2. The number of carbonyl (C=O) groups excluding carboxylic acids is 1. The van der Waals surface area contributed by atoms with E-state index >= 15 is 0 Å². The molecule has 1 aromatic heterocycles. The molecule has 2 heterocycles. The molecule has 1 atom stereocenters. The zero-order chi connectivity index (χ0) is 23.1. The molecule has 1 fully saturated rings. The molecule has 5 nitrogen and oxygen atoms in total. The van der Waals surface area contributed by atoms with E-state index in [1.54, 1.807) is 21.8 Å². The molecule has 0 saturated carbocycles. The largest absolute Gasteiger partial charge is 0.356 e. The van der Waals surface area contributed by atoms with Gasteiger partial charge in [0.2, 0.25) is 5.91 Å². The molecule has 1 N–H and O–H groups in total. The van der Waals surface area contributed by atoms with Crippen LogP contribution in [0.15, 0.2) is 82.4 Å². The van der Waals surface area contributed by atoms with Crippen LogP contribution in [0.1, 0.15) is 49.1 Å². The topological polar surface area (TPSA) is 66.5 Å². The summed E-state index contributed by atoms with van der Waals surface area (Å²) >= 11 is 1.23. The van der Waals surface area contributed by atoms with Crippen molar-refractivity contribution in [3.05, 3.63) is 89.3 Å². The summed E-state index contributed by atoms with van der Waals surface area (Å²) in [5.41, 5.74) is 2.44. The fraction of sp³-hybridized carbons (Fsp3) is 0.346. The first-order chi connectivity index (χ1) is 16.1. The Morgan fingerprint density at radius 1 is 0.970 bits per heavy atom. The monoisotopic (exact) mass is 482 g/mol. The minimum atomic E-state index is -3.55. The summed E-state index contributed by atoms with van der Waals surface area (Å²) in [6.45, 7) is 1.01. The lowest BCUT2D eigenvalue weighted by molar-refractivity contribution is -0.122. The van der Waals surface area contributed by atoms with E-state index in [1.807, 2.05) is 36.4 Å². The maximum Gasteiger partial charge on any atom is 0.252 e. The molecule has 2 aromatic carbocycles. The van der Waals surface area contributed by atoms with Gasteiger partial charge in [0.25, 0.3) is 10.0 Å².